The van der Waals surface area contributed by atoms with E-state index in [2.05, 4.69) is 37.1 Å². The fourth-order valence-electron chi connectivity index (χ4n) is 4.87. The van der Waals surface area contributed by atoms with Crippen molar-refractivity contribution in [2.45, 2.75) is 51.5 Å². The van der Waals surface area contributed by atoms with E-state index in [1.807, 2.05) is 72.3 Å². The molecule has 0 bridgehead atoms. The highest BCUT2D eigenvalue weighted by molar-refractivity contribution is 8.15. The topological polar surface area (TPSA) is 85.7 Å². The van der Waals surface area contributed by atoms with Crippen molar-refractivity contribution in [2.75, 3.05) is 11.4 Å². The highest BCUT2D eigenvalue weighted by Crippen LogP contribution is 2.35. The van der Waals surface area contributed by atoms with Gasteiger partial charge in [0.2, 0.25) is 5.91 Å². The van der Waals surface area contributed by atoms with E-state index in [-0.39, 0.29) is 16.4 Å². The van der Waals surface area contributed by atoms with Gasteiger partial charge < -0.3 is 18.9 Å². The number of carbonyl (C=O) groups excluding carboxylic acids is 2. The number of hydrogen-bond acceptors (Lipinski definition) is 7. The molecule has 1 aliphatic rings. The summed E-state index contributed by atoms with van der Waals surface area (Å²) in [6, 6.07) is 22.1. The molecule has 0 spiro atoms. The molecule has 5 rings (SSSR count). The van der Waals surface area contributed by atoms with E-state index in [0.29, 0.717) is 24.8 Å². The molecule has 0 aliphatic carbocycles. The van der Waals surface area contributed by atoms with Crippen molar-refractivity contribution < 1.29 is 19.1 Å². The van der Waals surface area contributed by atoms with Crippen LogP contribution in [0.4, 0.5) is 10.5 Å². The van der Waals surface area contributed by atoms with Crippen LogP contribution in [0.15, 0.2) is 66.7 Å². The number of thioether (sulfide) groups is 1. The first-order chi connectivity index (χ1) is 19.4. The standard InChI is InChI=1S/C31H34N4O4S/c1-5-20(3)35(6-2)25-9-7-8-10-27(25)39-23-15-16-24-26(18-23)34(4)29(32-24)19-38-22-13-11-21(12-14-22)17-28-30(36)33-31(37)40-28/h7-16,18,20,28H,5-6,17,19H2,1-4H3,(H,33,36,37). The molecule has 0 saturated carbocycles. The molecule has 9 heteroatoms. The number of hydrogen-bond donors (Lipinski definition) is 1. The number of anilines is 1. The first kappa shape index (κ1) is 27.6. The molecule has 2 atom stereocenters. The minimum atomic E-state index is -0.382. The molecule has 2 unspecified atom stereocenters. The number of nitrogens with one attached hydrogen (secondary N) is 1. The second kappa shape index (κ2) is 12.0. The first-order valence-electron chi connectivity index (χ1n) is 13.6. The summed E-state index contributed by atoms with van der Waals surface area (Å²) in [5.41, 5.74) is 3.88. The molecule has 40 heavy (non-hydrogen) atoms. The van der Waals surface area contributed by atoms with Crippen LogP contribution < -0.4 is 19.7 Å². The number of ether oxygens (including phenoxy) is 2. The van der Waals surface area contributed by atoms with Crippen LogP contribution in [-0.4, -0.2) is 38.5 Å². The second-order valence-electron chi connectivity index (χ2n) is 9.87. The Kier molecular flexibility index (Phi) is 8.30. The van der Waals surface area contributed by atoms with Crippen molar-refractivity contribution in [3.05, 3.63) is 78.1 Å². The molecule has 4 aromatic rings. The molecule has 1 N–H and O–H groups in total. The van der Waals surface area contributed by atoms with Crippen LogP contribution in [0.5, 0.6) is 17.2 Å². The highest BCUT2D eigenvalue weighted by atomic mass is 32.2. The van der Waals surface area contributed by atoms with E-state index in [0.717, 1.165) is 64.3 Å². The predicted molar refractivity (Wildman–Crippen MR) is 159 cm³/mol. The molecule has 2 heterocycles. The number of para-hydroxylation sites is 2. The number of carbonyl (C=O) groups is 2. The van der Waals surface area contributed by atoms with Gasteiger partial charge in [0, 0.05) is 25.7 Å². The Morgan fingerprint density at radius 1 is 1.05 bits per heavy atom. The summed E-state index contributed by atoms with van der Waals surface area (Å²) in [5.74, 6) is 2.85. The Labute approximate surface area is 238 Å². The molecule has 2 amide bonds. The van der Waals surface area contributed by atoms with Gasteiger partial charge in [0.25, 0.3) is 5.24 Å². The number of benzene rings is 3. The maximum atomic E-state index is 11.8. The summed E-state index contributed by atoms with van der Waals surface area (Å²) in [6.07, 6.45) is 1.55. The molecule has 3 aromatic carbocycles. The monoisotopic (exact) mass is 558 g/mol. The zero-order valence-corrected chi connectivity index (χ0v) is 24.0. The Morgan fingerprint density at radius 3 is 2.50 bits per heavy atom. The lowest BCUT2D eigenvalue weighted by Gasteiger charge is -2.31. The van der Waals surface area contributed by atoms with Gasteiger partial charge in [0.1, 0.15) is 23.9 Å². The minimum absolute atomic E-state index is 0.232. The number of amides is 2. The van der Waals surface area contributed by atoms with Crippen LogP contribution >= 0.6 is 11.8 Å². The Bertz CT molecular complexity index is 1520. The van der Waals surface area contributed by atoms with Crippen molar-refractivity contribution >= 4 is 39.6 Å². The van der Waals surface area contributed by atoms with Crippen LogP contribution in [0.1, 0.15) is 38.6 Å². The lowest BCUT2D eigenvalue weighted by Crippen LogP contribution is -2.32. The molecule has 1 saturated heterocycles. The molecular formula is C31H34N4O4S. The number of nitrogens with zero attached hydrogens (tertiary/aromatic N) is 3. The Hall–Kier alpha value is -3.98. The Morgan fingerprint density at radius 2 is 1.80 bits per heavy atom. The molecule has 0 radical (unpaired) electrons. The van der Waals surface area contributed by atoms with Crippen molar-refractivity contribution in [3.8, 4) is 17.2 Å². The number of imidazole rings is 1. The summed E-state index contributed by atoms with van der Waals surface area (Å²) in [5, 5.41) is 1.66. The minimum Gasteiger partial charge on any atom is -0.486 e. The maximum Gasteiger partial charge on any atom is 0.286 e. The summed E-state index contributed by atoms with van der Waals surface area (Å²) >= 11 is 1.04. The fourth-order valence-corrected chi connectivity index (χ4v) is 5.73. The number of aryl methyl sites for hydroxylation is 1. The lowest BCUT2D eigenvalue weighted by atomic mass is 10.1. The van der Waals surface area contributed by atoms with Crippen molar-refractivity contribution in [2.24, 2.45) is 7.05 Å². The van der Waals surface area contributed by atoms with E-state index in [9.17, 15) is 9.59 Å². The highest BCUT2D eigenvalue weighted by Gasteiger charge is 2.31. The first-order valence-corrected chi connectivity index (χ1v) is 14.5. The van der Waals surface area contributed by atoms with Crippen LogP contribution in [0.3, 0.4) is 0 Å². The van der Waals surface area contributed by atoms with Crippen LogP contribution in [-0.2, 0) is 24.9 Å². The number of rotatable bonds is 11. The summed E-state index contributed by atoms with van der Waals surface area (Å²) in [7, 11) is 1.97. The van der Waals surface area contributed by atoms with E-state index >= 15 is 0 Å². The van der Waals surface area contributed by atoms with Gasteiger partial charge in [-0.05, 0) is 68.7 Å². The summed E-state index contributed by atoms with van der Waals surface area (Å²) in [4.78, 5) is 30.4. The molecule has 1 fully saturated rings. The number of aromatic nitrogens is 2. The molecule has 1 aromatic heterocycles. The van der Waals surface area contributed by atoms with Crippen molar-refractivity contribution in [1.29, 1.82) is 0 Å². The average molecular weight is 559 g/mol. The largest absolute Gasteiger partial charge is 0.486 e. The number of fused-ring (bicyclic) bond motifs is 1. The van der Waals surface area contributed by atoms with Gasteiger partial charge in [-0.15, -0.1) is 0 Å². The van der Waals surface area contributed by atoms with Gasteiger partial charge in [0.05, 0.1) is 22.0 Å². The van der Waals surface area contributed by atoms with Gasteiger partial charge in [-0.1, -0.05) is 43.0 Å². The second-order valence-corrected chi connectivity index (χ2v) is 11.0. The van der Waals surface area contributed by atoms with Crippen LogP contribution in [0.2, 0.25) is 0 Å². The van der Waals surface area contributed by atoms with Crippen molar-refractivity contribution in [1.82, 2.24) is 14.9 Å². The van der Waals surface area contributed by atoms with Gasteiger partial charge in [-0.25, -0.2) is 4.98 Å². The SMILES string of the molecule is CCC(C)N(CC)c1ccccc1Oc1ccc2nc(COc3ccc(CC4SC(=O)NC4=O)cc3)n(C)c2c1. The average Bonchev–Trinajstić information content (AvgIpc) is 3.45. The molecule has 1 aliphatic heterocycles. The molecule has 208 valence electrons. The third kappa shape index (κ3) is 5.94. The van der Waals surface area contributed by atoms with Gasteiger partial charge in [-0.2, -0.15) is 0 Å². The van der Waals surface area contributed by atoms with E-state index < -0.39 is 0 Å². The van der Waals surface area contributed by atoms with Gasteiger partial charge >= 0.3 is 0 Å². The zero-order valence-electron chi connectivity index (χ0n) is 23.2. The Balaban J connectivity index is 1.27. The predicted octanol–water partition coefficient (Wildman–Crippen LogP) is 6.46. The fraction of sp³-hybridized carbons (Fsp3) is 0.323. The quantitative estimate of drug-likeness (QED) is 0.226. The third-order valence-corrected chi connectivity index (χ3v) is 8.27. The zero-order chi connectivity index (χ0) is 28.2. The van der Waals surface area contributed by atoms with E-state index in [1.54, 1.807) is 0 Å². The normalized spacial score (nSPS) is 15.8. The molecule has 8 nitrogen and oxygen atoms in total. The lowest BCUT2D eigenvalue weighted by molar-refractivity contribution is -0.118. The maximum absolute atomic E-state index is 11.8. The summed E-state index contributed by atoms with van der Waals surface area (Å²) < 4.78 is 14.4. The molecular weight excluding hydrogens is 524 g/mol. The van der Waals surface area contributed by atoms with E-state index in [4.69, 9.17) is 14.5 Å². The van der Waals surface area contributed by atoms with Gasteiger partial charge in [0.15, 0.2) is 5.75 Å². The van der Waals surface area contributed by atoms with Crippen molar-refractivity contribution in [3.63, 3.8) is 0 Å². The number of imide groups is 1. The third-order valence-electron chi connectivity index (χ3n) is 7.29. The summed E-state index contributed by atoms with van der Waals surface area (Å²) in [6.45, 7) is 7.81. The smallest absolute Gasteiger partial charge is 0.286 e. The van der Waals surface area contributed by atoms with Crippen LogP contribution in [0, 0.1) is 0 Å². The van der Waals surface area contributed by atoms with Crippen LogP contribution in [0.25, 0.3) is 11.0 Å². The van der Waals surface area contributed by atoms with E-state index in [1.165, 1.54) is 0 Å². The van der Waals surface area contributed by atoms with Gasteiger partial charge in [-0.3, -0.25) is 14.9 Å².